The Labute approximate surface area is 117 Å². The van der Waals surface area contributed by atoms with E-state index in [9.17, 15) is 9.59 Å². The zero-order valence-electron chi connectivity index (χ0n) is 10.7. The molecule has 1 rings (SSSR count). The third-order valence-electron chi connectivity index (χ3n) is 2.70. The zero-order valence-corrected chi connectivity index (χ0v) is 11.4. The van der Waals surface area contributed by atoms with Gasteiger partial charge in [-0.2, -0.15) is 0 Å². The predicted octanol–water partition coefficient (Wildman–Crippen LogP) is 1.74. The second-order valence-electron chi connectivity index (χ2n) is 4.28. The summed E-state index contributed by atoms with van der Waals surface area (Å²) in [6, 6.07) is 6.56. The fraction of sp³-hybridized carbons (Fsp3) is 0.385. The first-order valence-electron chi connectivity index (χ1n) is 5.94. The summed E-state index contributed by atoms with van der Waals surface area (Å²) in [5.74, 6) is -1.67. The number of carboxylic acid groups (broad SMARTS) is 1. The van der Waals surface area contributed by atoms with Crippen molar-refractivity contribution in [2.24, 2.45) is 11.7 Å². The number of benzene rings is 1. The van der Waals surface area contributed by atoms with Gasteiger partial charge in [-0.25, -0.2) is 0 Å². The first-order valence-corrected chi connectivity index (χ1v) is 6.32. The first kappa shape index (κ1) is 15.5. The van der Waals surface area contributed by atoms with Crippen LogP contribution >= 0.6 is 11.6 Å². The Morgan fingerprint density at radius 3 is 2.68 bits per heavy atom. The number of nitrogens with zero attached hydrogens (tertiary/aromatic N) is 1. The summed E-state index contributed by atoms with van der Waals surface area (Å²) in [4.78, 5) is 24.4. The highest BCUT2D eigenvalue weighted by Gasteiger charge is 2.23. The SMILES string of the molecule is CC(CCN)C(=O)N(CC(=O)O)c1cccc(Cl)c1. The van der Waals surface area contributed by atoms with Gasteiger partial charge in [0.2, 0.25) is 5.91 Å². The number of hydrogen-bond donors (Lipinski definition) is 2. The molecule has 0 aliphatic carbocycles. The molecule has 0 bridgehead atoms. The molecular weight excluding hydrogens is 268 g/mol. The van der Waals surface area contributed by atoms with Crippen LogP contribution in [0, 0.1) is 5.92 Å². The van der Waals surface area contributed by atoms with Crippen LogP contribution in [0.4, 0.5) is 5.69 Å². The van der Waals surface area contributed by atoms with Gasteiger partial charge in [-0.1, -0.05) is 24.6 Å². The quantitative estimate of drug-likeness (QED) is 0.833. The van der Waals surface area contributed by atoms with E-state index in [4.69, 9.17) is 22.4 Å². The molecule has 19 heavy (non-hydrogen) atoms. The number of hydrogen-bond acceptors (Lipinski definition) is 3. The fourth-order valence-corrected chi connectivity index (χ4v) is 1.90. The monoisotopic (exact) mass is 284 g/mol. The first-order chi connectivity index (χ1) is 8.95. The topological polar surface area (TPSA) is 83.6 Å². The van der Waals surface area contributed by atoms with Crippen LogP contribution in [-0.4, -0.2) is 30.1 Å². The van der Waals surface area contributed by atoms with Gasteiger partial charge < -0.3 is 15.7 Å². The minimum atomic E-state index is -1.08. The number of rotatable bonds is 6. The summed E-state index contributed by atoms with van der Waals surface area (Å²) in [5.41, 5.74) is 5.90. The van der Waals surface area contributed by atoms with Crippen molar-refractivity contribution < 1.29 is 14.7 Å². The summed E-state index contributed by atoms with van der Waals surface area (Å²) in [5, 5.41) is 9.37. The summed E-state index contributed by atoms with van der Waals surface area (Å²) in [6.07, 6.45) is 0.509. The lowest BCUT2D eigenvalue weighted by Gasteiger charge is -2.24. The van der Waals surface area contributed by atoms with Gasteiger partial charge in [0.15, 0.2) is 0 Å². The van der Waals surface area contributed by atoms with Gasteiger partial charge in [0.1, 0.15) is 6.54 Å². The molecule has 6 heteroatoms. The van der Waals surface area contributed by atoms with Gasteiger partial charge in [-0.05, 0) is 31.2 Å². The molecule has 0 radical (unpaired) electrons. The standard InChI is InChI=1S/C13H17ClN2O3/c1-9(5-6-15)13(19)16(8-12(17)18)11-4-2-3-10(14)7-11/h2-4,7,9H,5-6,8,15H2,1H3,(H,17,18). The Hall–Kier alpha value is -1.59. The molecule has 1 atom stereocenters. The number of carbonyl (C=O) groups is 2. The van der Waals surface area contributed by atoms with Gasteiger partial charge in [-0.3, -0.25) is 9.59 Å². The van der Waals surface area contributed by atoms with Crippen molar-refractivity contribution in [3.63, 3.8) is 0 Å². The number of amides is 1. The summed E-state index contributed by atoms with van der Waals surface area (Å²) >= 11 is 5.87. The van der Waals surface area contributed by atoms with Crippen molar-refractivity contribution >= 4 is 29.2 Å². The number of carboxylic acids is 1. The Balaban J connectivity index is 3.00. The smallest absolute Gasteiger partial charge is 0.323 e. The average molecular weight is 285 g/mol. The van der Waals surface area contributed by atoms with Crippen molar-refractivity contribution in [1.29, 1.82) is 0 Å². The molecule has 0 fully saturated rings. The van der Waals surface area contributed by atoms with Crippen LogP contribution in [0.2, 0.25) is 5.02 Å². The van der Waals surface area contributed by atoms with E-state index in [0.29, 0.717) is 23.7 Å². The van der Waals surface area contributed by atoms with Crippen LogP contribution in [0.25, 0.3) is 0 Å². The minimum absolute atomic E-state index is 0.268. The molecule has 0 spiro atoms. The highest BCUT2D eigenvalue weighted by Crippen LogP contribution is 2.21. The van der Waals surface area contributed by atoms with Crippen molar-refractivity contribution in [2.75, 3.05) is 18.0 Å². The fourth-order valence-electron chi connectivity index (χ4n) is 1.72. The molecular formula is C13H17ClN2O3. The molecule has 0 saturated heterocycles. The van der Waals surface area contributed by atoms with Crippen LogP contribution in [-0.2, 0) is 9.59 Å². The predicted molar refractivity (Wildman–Crippen MR) is 74.3 cm³/mol. The van der Waals surface area contributed by atoms with E-state index in [-0.39, 0.29) is 11.8 Å². The van der Waals surface area contributed by atoms with Gasteiger partial charge in [-0.15, -0.1) is 0 Å². The van der Waals surface area contributed by atoms with E-state index in [2.05, 4.69) is 0 Å². The molecule has 0 saturated carbocycles. The number of halogens is 1. The highest BCUT2D eigenvalue weighted by molar-refractivity contribution is 6.30. The van der Waals surface area contributed by atoms with Crippen LogP contribution in [0.3, 0.4) is 0 Å². The van der Waals surface area contributed by atoms with Crippen LogP contribution in [0.5, 0.6) is 0 Å². The molecule has 5 nitrogen and oxygen atoms in total. The Kier molecular flexibility index (Phi) is 5.79. The zero-order chi connectivity index (χ0) is 14.4. The Bertz CT molecular complexity index is 465. The molecule has 0 heterocycles. The number of anilines is 1. The van der Waals surface area contributed by atoms with E-state index in [1.807, 2.05) is 0 Å². The Morgan fingerprint density at radius 2 is 2.16 bits per heavy atom. The van der Waals surface area contributed by atoms with Gasteiger partial charge in [0.25, 0.3) is 0 Å². The van der Waals surface area contributed by atoms with Crippen molar-refractivity contribution in [3.8, 4) is 0 Å². The van der Waals surface area contributed by atoms with E-state index in [0.717, 1.165) is 0 Å². The molecule has 0 aromatic heterocycles. The maximum Gasteiger partial charge on any atom is 0.323 e. The summed E-state index contributed by atoms with van der Waals surface area (Å²) in [6.45, 7) is 1.71. The maximum absolute atomic E-state index is 12.2. The second-order valence-corrected chi connectivity index (χ2v) is 4.71. The molecule has 0 aliphatic rings. The summed E-state index contributed by atoms with van der Waals surface area (Å²) in [7, 11) is 0. The van der Waals surface area contributed by atoms with Crippen LogP contribution in [0.15, 0.2) is 24.3 Å². The molecule has 1 unspecified atom stereocenters. The lowest BCUT2D eigenvalue weighted by atomic mass is 10.1. The molecule has 1 amide bonds. The number of carbonyl (C=O) groups excluding carboxylic acids is 1. The van der Waals surface area contributed by atoms with Gasteiger partial charge >= 0.3 is 5.97 Å². The minimum Gasteiger partial charge on any atom is -0.480 e. The van der Waals surface area contributed by atoms with E-state index < -0.39 is 12.5 Å². The van der Waals surface area contributed by atoms with Crippen molar-refractivity contribution in [1.82, 2.24) is 0 Å². The van der Waals surface area contributed by atoms with Crippen molar-refractivity contribution in [3.05, 3.63) is 29.3 Å². The largest absolute Gasteiger partial charge is 0.480 e. The molecule has 1 aromatic carbocycles. The lowest BCUT2D eigenvalue weighted by molar-refractivity contribution is -0.137. The molecule has 3 N–H and O–H groups in total. The van der Waals surface area contributed by atoms with E-state index in [1.165, 1.54) is 4.90 Å². The van der Waals surface area contributed by atoms with Gasteiger partial charge in [0.05, 0.1) is 0 Å². The van der Waals surface area contributed by atoms with Crippen LogP contribution < -0.4 is 10.6 Å². The molecule has 0 aliphatic heterocycles. The Morgan fingerprint density at radius 1 is 1.47 bits per heavy atom. The average Bonchev–Trinajstić information content (AvgIpc) is 2.35. The van der Waals surface area contributed by atoms with Crippen LogP contribution in [0.1, 0.15) is 13.3 Å². The molecule has 1 aromatic rings. The maximum atomic E-state index is 12.2. The van der Waals surface area contributed by atoms with E-state index >= 15 is 0 Å². The number of aliphatic carboxylic acids is 1. The van der Waals surface area contributed by atoms with Crippen molar-refractivity contribution in [2.45, 2.75) is 13.3 Å². The normalized spacial score (nSPS) is 11.9. The molecule has 104 valence electrons. The highest BCUT2D eigenvalue weighted by atomic mass is 35.5. The third kappa shape index (κ3) is 4.54. The third-order valence-corrected chi connectivity index (χ3v) is 2.94. The second kappa shape index (κ2) is 7.11. The lowest BCUT2D eigenvalue weighted by Crippen LogP contribution is -2.39. The van der Waals surface area contributed by atoms with Gasteiger partial charge in [0, 0.05) is 16.6 Å². The van der Waals surface area contributed by atoms with E-state index in [1.54, 1.807) is 31.2 Å². The summed E-state index contributed by atoms with van der Waals surface area (Å²) < 4.78 is 0. The number of nitrogens with two attached hydrogens (primary N) is 1.